The molecule has 1 N–H and O–H groups in total. The van der Waals surface area contributed by atoms with Gasteiger partial charge in [-0.25, -0.2) is 9.46 Å². The summed E-state index contributed by atoms with van der Waals surface area (Å²) in [6.45, 7) is 4.71. The molecule has 2 aromatic rings. The summed E-state index contributed by atoms with van der Waals surface area (Å²) in [5, 5.41) is 0. The average molecular weight is 445 g/mol. The third kappa shape index (κ3) is 3.92. The normalized spacial score (nSPS) is 33.1. The second kappa shape index (κ2) is 8.60. The largest absolute Gasteiger partial charge is 0.352 e. The summed E-state index contributed by atoms with van der Waals surface area (Å²) in [7, 11) is -1.19. The van der Waals surface area contributed by atoms with E-state index in [9.17, 15) is 9.59 Å². The second-order valence-corrected chi connectivity index (χ2v) is 9.85. The number of rotatable bonds is 5. The number of H-pyrrole nitrogens is 1. The van der Waals surface area contributed by atoms with Gasteiger partial charge >= 0.3 is 5.69 Å². The molecule has 6 atom stereocenters. The van der Waals surface area contributed by atoms with Crippen LogP contribution in [0, 0.1) is 6.92 Å². The number of aromatic nitrogens is 2. The minimum Gasteiger partial charge on any atom is -0.352 e. The van der Waals surface area contributed by atoms with Crippen LogP contribution in [0.1, 0.15) is 56.1 Å². The molecule has 2 unspecified atom stereocenters. The molecule has 0 saturated carbocycles. The molecular formula is C22H28N3O5P. The molecule has 3 aliphatic heterocycles. The lowest BCUT2D eigenvalue weighted by Gasteiger charge is -2.25. The van der Waals surface area contributed by atoms with Crippen LogP contribution in [-0.4, -0.2) is 39.0 Å². The monoisotopic (exact) mass is 445 g/mol. The fourth-order valence-electron chi connectivity index (χ4n) is 4.79. The van der Waals surface area contributed by atoms with Crippen molar-refractivity contribution in [2.45, 2.75) is 70.1 Å². The highest BCUT2D eigenvalue weighted by Gasteiger charge is 2.49. The lowest BCUT2D eigenvalue weighted by atomic mass is 10.0. The maximum Gasteiger partial charge on any atom is 0.330 e. The van der Waals surface area contributed by atoms with Gasteiger partial charge in [-0.3, -0.25) is 14.3 Å². The van der Waals surface area contributed by atoms with Crippen LogP contribution in [0.3, 0.4) is 0 Å². The molecule has 1 aromatic heterocycles. The van der Waals surface area contributed by atoms with Crippen LogP contribution >= 0.6 is 8.53 Å². The van der Waals surface area contributed by atoms with Gasteiger partial charge in [0.25, 0.3) is 14.1 Å². The van der Waals surface area contributed by atoms with Gasteiger partial charge in [-0.1, -0.05) is 37.3 Å². The first-order chi connectivity index (χ1) is 15.0. The highest BCUT2D eigenvalue weighted by molar-refractivity contribution is 7.44. The first-order valence-electron chi connectivity index (χ1n) is 11.0. The first-order valence-corrected chi connectivity index (χ1v) is 12.1. The molecule has 4 heterocycles. The van der Waals surface area contributed by atoms with Crippen LogP contribution in [0.2, 0.25) is 0 Å². The predicted molar refractivity (Wildman–Crippen MR) is 117 cm³/mol. The molecule has 31 heavy (non-hydrogen) atoms. The van der Waals surface area contributed by atoms with Crippen molar-refractivity contribution >= 4 is 8.53 Å². The van der Waals surface area contributed by atoms with Crippen LogP contribution in [0.5, 0.6) is 0 Å². The summed E-state index contributed by atoms with van der Waals surface area (Å²) in [5.41, 5.74) is 0.849. The highest BCUT2D eigenvalue weighted by Crippen LogP contribution is 2.61. The van der Waals surface area contributed by atoms with E-state index in [2.05, 4.69) is 28.7 Å². The summed E-state index contributed by atoms with van der Waals surface area (Å²) in [4.78, 5) is 26.4. The lowest BCUT2D eigenvalue weighted by molar-refractivity contribution is -0.0190. The van der Waals surface area contributed by atoms with Gasteiger partial charge in [0.1, 0.15) is 12.3 Å². The van der Waals surface area contributed by atoms with Crippen molar-refractivity contribution in [3.63, 3.8) is 0 Å². The van der Waals surface area contributed by atoms with Gasteiger partial charge in [0.05, 0.1) is 12.2 Å². The van der Waals surface area contributed by atoms with Crippen LogP contribution in [0.25, 0.3) is 0 Å². The molecule has 0 bridgehead atoms. The van der Waals surface area contributed by atoms with Gasteiger partial charge in [0, 0.05) is 30.8 Å². The zero-order chi connectivity index (χ0) is 21.5. The Hall–Kier alpha value is -1.83. The molecule has 3 aliphatic rings. The minimum atomic E-state index is -1.19. The van der Waals surface area contributed by atoms with Gasteiger partial charge < -0.3 is 13.8 Å². The average Bonchev–Trinajstić information content (AvgIpc) is 3.48. The van der Waals surface area contributed by atoms with Crippen molar-refractivity contribution in [2.24, 2.45) is 0 Å². The number of hydrogen-bond acceptors (Lipinski definition) is 6. The van der Waals surface area contributed by atoms with Crippen molar-refractivity contribution in [1.82, 2.24) is 14.2 Å². The summed E-state index contributed by atoms with van der Waals surface area (Å²) >= 11 is 0. The van der Waals surface area contributed by atoms with Crippen molar-refractivity contribution in [3.8, 4) is 0 Å². The third-order valence-electron chi connectivity index (χ3n) is 6.43. The number of ether oxygens (including phenoxy) is 1. The fraction of sp³-hybridized carbons (Fsp3) is 0.545. The van der Waals surface area contributed by atoms with E-state index < -0.39 is 20.4 Å². The van der Waals surface area contributed by atoms with E-state index in [1.807, 2.05) is 18.2 Å². The number of benzene rings is 1. The Labute approximate surface area is 182 Å². The Kier molecular flexibility index (Phi) is 5.84. The Morgan fingerprint density at radius 3 is 2.84 bits per heavy atom. The summed E-state index contributed by atoms with van der Waals surface area (Å²) in [6.07, 6.45) is 4.39. The predicted octanol–water partition coefficient (Wildman–Crippen LogP) is 3.39. The molecule has 0 aliphatic carbocycles. The van der Waals surface area contributed by atoms with E-state index in [4.69, 9.17) is 13.8 Å². The number of nitrogens with zero attached hydrogens (tertiary/aromatic N) is 2. The number of aryl methyl sites for hydroxylation is 1. The summed E-state index contributed by atoms with van der Waals surface area (Å²) in [5.74, 6) is 0. The topological polar surface area (TPSA) is 85.8 Å². The Bertz CT molecular complexity index is 1040. The summed E-state index contributed by atoms with van der Waals surface area (Å²) < 4.78 is 23.0. The van der Waals surface area contributed by atoms with E-state index in [-0.39, 0.29) is 23.9 Å². The first kappa shape index (κ1) is 21.0. The highest BCUT2D eigenvalue weighted by atomic mass is 31.2. The molecule has 5 rings (SSSR count). The van der Waals surface area contributed by atoms with E-state index >= 15 is 0 Å². The fourth-order valence-corrected chi connectivity index (χ4v) is 6.77. The standard InChI is InChI=1S/C22H28N3O5P/c1-3-17-18(12-19(28-17)24-13-14(2)21(26)23-22(24)27)29-31-25-11-7-10-16(25)20(30-31)15-8-5-4-6-9-15/h4-6,8-9,13,16-20H,3,7,10-12H2,1-2H3,(H,23,26,27)/t16-,17-,18?,19-,20+,31?/m1/s1. The van der Waals surface area contributed by atoms with Crippen molar-refractivity contribution < 1.29 is 13.8 Å². The van der Waals surface area contributed by atoms with E-state index in [0.717, 1.165) is 25.8 Å². The molecule has 8 nitrogen and oxygen atoms in total. The van der Waals surface area contributed by atoms with Gasteiger partial charge in [-0.05, 0) is 31.7 Å². The Morgan fingerprint density at radius 2 is 2.06 bits per heavy atom. The number of nitrogens with one attached hydrogen (secondary N) is 1. The van der Waals surface area contributed by atoms with Gasteiger partial charge in [0.2, 0.25) is 0 Å². The van der Waals surface area contributed by atoms with E-state index in [0.29, 0.717) is 18.0 Å². The number of aromatic amines is 1. The minimum absolute atomic E-state index is 0.0254. The zero-order valence-corrected chi connectivity index (χ0v) is 18.7. The molecule has 3 fully saturated rings. The molecule has 3 saturated heterocycles. The number of hydrogen-bond donors (Lipinski definition) is 1. The lowest BCUT2D eigenvalue weighted by Crippen LogP contribution is -2.33. The Balaban J connectivity index is 1.34. The molecular weight excluding hydrogens is 417 g/mol. The van der Waals surface area contributed by atoms with Crippen LogP contribution in [0.4, 0.5) is 0 Å². The summed E-state index contributed by atoms with van der Waals surface area (Å²) in [6, 6.07) is 10.7. The molecule has 9 heteroatoms. The maximum absolute atomic E-state index is 12.3. The van der Waals surface area contributed by atoms with Crippen molar-refractivity contribution in [2.75, 3.05) is 6.54 Å². The van der Waals surface area contributed by atoms with Gasteiger partial charge in [-0.2, -0.15) is 0 Å². The van der Waals surface area contributed by atoms with Crippen LogP contribution in [-0.2, 0) is 13.8 Å². The third-order valence-corrected chi connectivity index (χ3v) is 8.20. The van der Waals surface area contributed by atoms with E-state index in [1.54, 1.807) is 13.1 Å². The SMILES string of the molecule is CC[C@H]1O[C@@H](n2cc(C)c(=O)[nH]c2=O)CC1OP1O[C@@H](c2ccccc2)[C@H]2CCCN21. The molecule has 0 amide bonds. The maximum atomic E-state index is 12.3. The van der Waals surface area contributed by atoms with E-state index in [1.165, 1.54) is 10.1 Å². The van der Waals surface area contributed by atoms with Gasteiger partial charge in [0.15, 0.2) is 0 Å². The zero-order valence-electron chi connectivity index (χ0n) is 17.8. The molecule has 0 spiro atoms. The smallest absolute Gasteiger partial charge is 0.330 e. The molecule has 0 radical (unpaired) electrons. The quantitative estimate of drug-likeness (QED) is 0.711. The van der Waals surface area contributed by atoms with Gasteiger partial charge in [-0.15, -0.1) is 0 Å². The van der Waals surface area contributed by atoms with Crippen LogP contribution in [0.15, 0.2) is 46.1 Å². The second-order valence-electron chi connectivity index (χ2n) is 8.44. The molecule has 1 aromatic carbocycles. The van der Waals surface area contributed by atoms with Crippen LogP contribution < -0.4 is 11.2 Å². The van der Waals surface area contributed by atoms with Crippen molar-refractivity contribution in [1.29, 1.82) is 0 Å². The molecule has 166 valence electrons. The van der Waals surface area contributed by atoms with Crippen molar-refractivity contribution in [3.05, 3.63) is 68.5 Å². The Morgan fingerprint density at radius 1 is 1.26 bits per heavy atom. The number of fused-ring (bicyclic) bond motifs is 1.